The quantitative estimate of drug-likeness (QED) is 0.852. The zero-order valence-electron chi connectivity index (χ0n) is 14.0. The Morgan fingerprint density at radius 2 is 2.25 bits per heavy atom. The summed E-state index contributed by atoms with van der Waals surface area (Å²) in [5.74, 6) is 0.353. The third-order valence-corrected chi connectivity index (χ3v) is 4.01. The predicted molar refractivity (Wildman–Crippen MR) is 92.7 cm³/mol. The molecule has 6 heteroatoms. The minimum Gasteiger partial charge on any atom is -0.489 e. The van der Waals surface area contributed by atoms with Crippen molar-refractivity contribution < 1.29 is 9.53 Å². The first-order valence-electron chi connectivity index (χ1n) is 8.57. The summed E-state index contributed by atoms with van der Waals surface area (Å²) >= 11 is 0. The van der Waals surface area contributed by atoms with Crippen LogP contribution in [0.1, 0.15) is 36.7 Å². The van der Waals surface area contributed by atoms with Crippen LogP contribution in [0.2, 0.25) is 0 Å². The largest absolute Gasteiger partial charge is 0.489 e. The Hall–Kier alpha value is -2.34. The van der Waals surface area contributed by atoms with Crippen molar-refractivity contribution in [1.29, 1.82) is 0 Å². The van der Waals surface area contributed by atoms with E-state index in [4.69, 9.17) is 4.74 Å². The minimum atomic E-state index is -0.176. The fourth-order valence-electron chi connectivity index (χ4n) is 2.77. The van der Waals surface area contributed by atoms with Crippen LogP contribution >= 0.6 is 0 Å². The lowest BCUT2D eigenvalue weighted by Gasteiger charge is -2.23. The zero-order chi connectivity index (χ0) is 16.8. The van der Waals surface area contributed by atoms with Crippen molar-refractivity contribution in [3.63, 3.8) is 0 Å². The van der Waals surface area contributed by atoms with Gasteiger partial charge in [0, 0.05) is 12.6 Å². The summed E-state index contributed by atoms with van der Waals surface area (Å²) in [5.41, 5.74) is 1.25. The van der Waals surface area contributed by atoms with Gasteiger partial charge in [-0.3, -0.25) is 4.79 Å². The van der Waals surface area contributed by atoms with E-state index < -0.39 is 0 Å². The number of aromatic nitrogens is 2. The third kappa shape index (κ3) is 3.94. The van der Waals surface area contributed by atoms with E-state index >= 15 is 0 Å². The van der Waals surface area contributed by atoms with E-state index in [1.807, 2.05) is 37.3 Å². The van der Waals surface area contributed by atoms with Crippen LogP contribution in [0, 0.1) is 0 Å². The van der Waals surface area contributed by atoms with Crippen LogP contribution in [0.3, 0.4) is 0 Å². The fourth-order valence-corrected chi connectivity index (χ4v) is 2.77. The third-order valence-electron chi connectivity index (χ3n) is 4.01. The molecule has 1 fully saturated rings. The van der Waals surface area contributed by atoms with E-state index in [0.717, 1.165) is 38.0 Å². The molecule has 0 saturated carbocycles. The lowest BCUT2D eigenvalue weighted by molar-refractivity contribution is 0.0921. The molecule has 2 aromatic rings. The molecule has 128 valence electrons. The molecule has 1 aliphatic heterocycles. The van der Waals surface area contributed by atoms with Crippen molar-refractivity contribution in [2.24, 2.45) is 0 Å². The standard InChI is InChI=1S/C18H24N4O2/c1-2-11-24-16-13-22(15-8-4-3-5-9-15)21-17(16)18(23)20-14-7-6-10-19-12-14/h3-5,8-9,13-14,19H,2,6-7,10-12H2,1H3,(H,20,23). The first-order chi connectivity index (χ1) is 11.8. The minimum absolute atomic E-state index is 0.146. The number of hydrogen-bond acceptors (Lipinski definition) is 4. The van der Waals surface area contributed by atoms with Crippen LogP contribution < -0.4 is 15.4 Å². The normalized spacial score (nSPS) is 17.5. The van der Waals surface area contributed by atoms with Crippen LogP contribution in [0.15, 0.2) is 36.5 Å². The number of nitrogens with zero attached hydrogens (tertiary/aromatic N) is 2. The highest BCUT2D eigenvalue weighted by molar-refractivity contribution is 5.95. The predicted octanol–water partition coefficient (Wildman–Crippen LogP) is 2.14. The maximum Gasteiger partial charge on any atom is 0.275 e. The highest BCUT2D eigenvalue weighted by atomic mass is 16.5. The Kier molecular flexibility index (Phi) is 5.48. The molecule has 24 heavy (non-hydrogen) atoms. The number of ether oxygens (including phenoxy) is 1. The van der Waals surface area contributed by atoms with Gasteiger partial charge in [-0.15, -0.1) is 0 Å². The van der Waals surface area contributed by atoms with Crippen LogP contribution in [-0.4, -0.2) is 41.4 Å². The number of amides is 1. The molecule has 1 amide bonds. The molecule has 0 radical (unpaired) electrons. The van der Waals surface area contributed by atoms with Crippen molar-refractivity contribution in [1.82, 2.24) is 20.4 Å². The van der Waals surface area contributed by atoms with Gasteiger partial charge in [0.2, 0.25) is 0 Å². The Morgan fingerprint density at radius 1 is 1.42 bits per heavy atom. The first-order valence-corrected chi connectivity index (χ1v) is 8.57. The van der Waals surface area contributed by atoms with E-state index in [0.29, 0.717) is 18.1 Å². The van der Waals surface area contributed by atoms with Gasteiger partial charge in [-0.1, -0.05) is 25.1 Å². The summed E-state index contributed by atoms with van der Waals surface area (Å²) in [7, 11) is 0. The molecule has 1 atom stereocenters. The number of benzene rings is 1. The second-order valence-corrected chi connectivity index (χ2v) is 5.99. The van der Waals surface area contributed by atoms with E-state index in [1.54, 1.807) is 10.9 Å². The van der Waals surface area contributed by atoms with Gasteiger partial charge in [-0.05, 0) is 37.9 Å². The van der Waals surface area contributed by atoms with Crippen molar-refractivity contribution >= 4 is 5.91 Å². The lowest BCUT2D eigenvalue weighted by atomic mass is 10.1. The Balaban J connectivity index is 1.81. The average molecular weight is 328 g/mol. The summed E-state index contributed by atoms with van der Waals surface area (Å²) in [6.07, 6.45) is 4.72. The SMILES string of the molecule is CCCOc1cn(-c2ccccc2)nc1C(=O)NC1CCCNC1. The summed E-state index contributed by atoms with van der Waals surface area (Å²) in [6, 6.07) is 9.87. The Bertz CT molecular complexity index is 663. The Labute approximate surface area is 142 Å². The fraction of sp³-hybridized carbons (Fsp3) is 0.444. The number of para-hydroxylation sites is 1. The van der Waals surface area contributed by atoms with Crippen LogP contribution in [0.5, 0.6) is 5.75 Å². The number of carbonyl (C=O) groups is 1. The molecule has 3 rings (SSSR count). The summed E-state index contributed by atoms with van der Waals surface area (Å²) in [5, 5.41) is 10.8. The molecule has 0 spiro atoms. The molecule has 2 heterocycles. The second-order valence-electron chi connectivity index (χ2n) is 5.99. The molecule has 6 nitrogen and oxygen atoms in total. The number of hydrogen-bond donors (Lipinski definition) is 2. The maximum atomic E-state index is 12.6. The molecule has 1 aromatic carbocycles. The van der Waals surface area contributed by atoms with Gasteiger partial charge in [0.25, 0.3) is 5.91 Å². The Morgan fingerprint density at radius 3 is 2.96 bits per heavy atom. The van der Waals surface area contributed by atoms with Crippen molar-refractivity contribution in [2.75, 3.05) is 19.7 Å². The zero-order valence-corrected chi connectivity index (χ0v) is 14.0. The number of piperidine rings is 1. The summed E-state index contributed by atoms with van der Waals surface area (Å²) in [6.45, 7) is 4.41. The summed E-state index contributed by atoms with van der Waals surface area (Å²) in [4.78, 5) is 12.6. The van der Waals surface area contributed by atoms with E-state index in [9.17, 15) is 4.79 Å². The second kappa shape index (κ2) is 7.97. The van der Waals surface area contributed by atoms with E-state index in [2.05, 4.69) is 15.7 Å². The van der Waals surface area contributed by atoms with Gasteiger partial charge in [0.1, 0.15) is 0 Å². The number of nitrogens with one attached hydrogen (secondary N) is 2. The van der Waals surface area contributed by atoms with Crippen molar-refractivity contribution in [2.45, 2.75) is 32.2 Å². The summed E-state index contributed by atoms with van der Waals surface area (Å²) < 4.78 is 7.43. The highest BCUT2D eigenvalue weighted by Gasteiger charge is 2.22. The number of rotatable bonds is 6. The van der Waals surface area contributed by atoms with Crippen LogP contribution in [0.25, 0.3) is 5.69 Å². The molecule has 1 unspecified atom stereocenters. The molecular weight excluding hydrogens is 304 g/mol. The van der Waals surface area contributed by atoms with Crippen LogP contribution in [-0.2, 0) is 0 Å². The molecule has 0 bridgehead atoms. The van der Waals surface area contributed by atoms with Gasteiger partial charge >= 0.3 is 0 Å². The topological polar surface area (TPSA) is 68.2 Å². The molecule has 1 aromatic heterocycles. The van der Waals surface area contributed by atoms with Gasteiger partial charge in [0.05, 0.1) is 18.5 Å². The molecule has 0 aliphatic carbocycles. The van der Waals surface area contributed by atoms with Gasteiger partial charge < -0.3 is 15.4 Å². The van der Waals surface area contributed by atoms with Gasteiger partial charge in [0.15, 0.2) is 11.4 Å². The van der Waals surface area contributed by atoms with Crippen molar-refractivity contribution in [3.05, 3.63) is 42.2 Å². The molecule has 1 saturated heterocycles. The lowest BCUT2D eigenvalue weighted by Crippen LogP contribution is -2.45. The first kappa shape index (κ1) is 16.5. The molecule has 1 aliphatic rings. The van der Waals surface area contributed by atoms with E-state index in [1.165, 1.54) is 0 Å². The number of carbonyl (C=O) groups excluding carboxylic acids is 1. The highest BCUT2D eigenvalue weighted by Crippen LogP contribution is 2.20. The van der Waals surface area contributed by atoms with Gasteiger partial charge in [-0.2, -0.15) is 5.10 Å². The monoisotopic (exact) mass is 328 g/mol. The molecular formula is C18H24N4O2. The smallest absolute Gasteiger partial charge is 0.275 e. The maximum absolute atomic E-state index is 12.6. The van der Waals surface area contributed by atoms with Crippen LogP contribution in [0.4, 0.5) is 0 Å². The molecule has 2 N–H and O–H groups in total. The van der Waals surface area contributed by atoms with Crippen molar-refractivity contribution in [3.8, 4) is 11.4 Å². The van der Waals surface area contributed by atoms with Gasteiger partial charge in [-0.25, -0.2) is 4.68 Å². The average Bonchev–Trinajstić information content (AvgIpc) is 3.06. The van der Waals surface area contributed by atoms with E-state index in [-0.39, 0.29) is 11.9 Å².